The van der Waals surface area contributed by atoms with Gasteiger partial charge in [-0.25, -0.2) is 4.79 Å². The third kappa shape index (κ3) is 16.8. The number of carbonyl (C=O) groups is 8. The maximum atomic E-state index is 14.8. The third-order valence-corrected chi connectivity index (χ3v) is 11.4. The first-order valence-corrected chi connectivity index (χ1v) is 23.7. The van der Waals surface area contributed by atoms with Gasteiger partial charge < -0.3 is 66.9 Å². The molecule has 0 radical (unpaired) electrons. The van der Waals surface area contributed by atoms with Crippen molar-refractivity contribution in [3.63, 3.8) is 0 Å². The molecule has 74 heavy (non-hydrogen) atoms. The van der Waals surface area contributed by atoms with E-state index in [0.29, 0.717) is 11.3 Å². The van der Waals surface area contributed by atoms with Crippen molar-refractivity contribution in [2.45, 2.75) is 141 Å². The lowest BCUT2D eigenvalue weighted by molar-refractivity contribution is -0.369. The van der Waals surface area contributed by atoms with Crippen LogP contribution < -0.4 is 14.8 Å². The summed E-state index contributed by atoms with van der Waals surface area (Å²) in [6.07, 6.45) is -16.7. The Bertz CT molecular complexity index is 2370. The lowest BCUT2D eigenvalue weighted by Crippen LogP contribution is -2.72. The van der Waals surface area contributed by atoms with E-state index >= 15 is 0 Å². The fraction of sp³-hybridized carbons (Fsp3) is 0.500. The first-order valence-electron chi connectivity index (χ1n) is 23.7. The number of rotatable bonds is 25. The molecule has 0 bridgehead atoms. The summed E-state index contributed by atoms with van der Waals surface area (Å²) in [5, 5.41) is 2.62. The van der Waals surface area contributed by atoms with Crippen molar-refractivity contribution in [3.8, 4) is 11.5 Å². The standard InChI is InChI=1S/C52H63NO21/c1-9-37(59)24-43(60)71-42(29-65-31(3)55)45(68-33(5)57)47-44(53-30(2)54)40(67-32(4)56)25-52(73-47,51(61)63-8)74-48-46(69-34(6)58)41(28-64-26-35-16-12-10-13-17-35)72-50(70-39-22-20-38(62-7)21-23-39)49(48)66-27-36-18-14-11-15-19-36/h10-23,40-42,44-50H,9,24-29H2,1-8H3,(H,53,54)/t40-,41+,42+,44+,45+,46-,47+,48-,49+,50+,52-/m0/s1. The largest absolute Gasteiger partial charge is 0.497 e. The summed E-state index contributed by atoms with van der Waals surface area (Å²) in [7, 11) is 2.47. The second-order valence-electron chi connectivity index (χ2n) is 17.1. The summed E-state index contributed by atoms with van der Waals surface area (Å²) in [6.45, 7) is 5.57. The fourth-order valence-electron chi connectivity index (χ4n) is 8.20. The monoisotopic (exact) mass is 1040 g/mol. The highest BCUT2D eigenvalue weighted by atomic mass is 16.8. The van der Waals surface area contributed by atoms with Gasteiger partial charge in [-0.05, 0) is 35.4 Å². The third-order valence-electron chi connectivity index (χ3n) is 11.4. The van der Waals surface area contributed by atoms with E-state index in [1.807, 2.05) is 30.3 Å². The van der Waals surface area contributed by atoms with Crippen LogP contribution in [-0.4, -0.2) is 142 Å². The Morgan fingerprint density at radius 2 is 1.34 bits per heavy atom. The number of ether oxygens (including phenoxy) is 13. The van der Waals surface area contributed by atoms with E-state index < -0.39 is 134 Å². The predicted octanol–water partition coefficient (Wildman–Crippen LogP) is 3.79. The van der Waals surface area contributed by atoms with Crippen LogP contribution in [0.25, 0.3) is 0 Å². The van der Waals surface area contributed by atoms with E-state index in [1.54, 1.807) is 54.6 Å². The van der Waals surface area contributed by atoms with Crippen LogP contribution >= 0.6 is 0 Å². The molecule has 2 saturated heterocycles. The molecule has 2 heterocycles. The van der Waals surface area contributed by atoms with Crippen molar-refractivity contribution in [1.82, 2.24) is 5.32 Å². The molecule has 1 amide bonds. The molecule has 2 aliphatic rings. The van der Waals surface area contributed by atoms with Crippen LogP contribution in [0.5, 0.6) is 11.5 Å². The summed E-state index contributed by atoms with van der Waals surface area (Å²) < 4.78 is 78.9. The molecule has 0 spiro atoms. The molecular formula is C52H63NO21. The smallest absolute Gasteiger partial charge is 0.366 e. The molecule has 11 atom stereocenters. The van der Waals surface area contributed by atoms with E-state index in [-0.39, 0.29) is 32.0 Å². The zero-order chi connectivity index (χ0) is 54.0. The number of Topliss-reactive ketones (excluding diaryl/α,β-unsaturated/α-hetero) is 1. The fourth-order valence-corrected chi connectivity index (χ4v) is 8.20. The highest BCUT2D eigenvalue weighted by Crippen LogP contribution is 2.42. The summed E-state index contributed by atoms with van der Waals surface area (Å²) >= 11 is 0. The van der Waals surface area contributed by atoms with Gasteiger partial charge in [-0.2, -0.15) is 0 Å². The number of hydrogen-bond donors (Lipinski definition) is 1. The number of benzene rings is 3. The summed E-state index contributed by atoms with van der Waals surface area (Å²) in [4.78, 5) is 105. The second kappa shape index (κ2) is 27.9. The average Bonchev–Trinajstić information content (AvgIpc) is 3.36. The van der Waals surface area contributed by atoms with Crippen molar-refractivity contribution >= 4 is 47.5 Å². The minimum Gasteiger partial charge on any atom is -0.497 e. The SMILES string of the molecule is CCC(=O)CC(=O)O[C@H](COC(C)=O)[C@@H](OC(C)=O)[C@@H]1O[C@@](O[C@H]2[C@@H](OC(C)=O)[C@@H](COCc3ccccc3)O[C@@H](Oc3ccc(OC)cc3)[C@@H]2OCc2ccccc2)(C(=O)OC)C[C@H](OC(C)=O)[C@H]1NC(C)=O. The van der Waals surface area contributed by atoms with Crippen LogP contribution in [0.1, 0.15) is 71.9 Å². The Balaban J connectivity index is 1.75. The normalized spacial score (nSPS) is 24.1. The van der Waals surface area contributed by atoms with Gasteiger partial charge in [0.05, 0.1) is 46.5 Å². The van der Waals surface area contributed by atoms with E-state index in [2.05, 4.69) is 5.32 Å². The molecule has 0 saturated carbocycles. The van der Waals surface area contributed by atoms with Crippen LogP contribution in [0.15, 0.2) is 84.9 Å². The van der Waals surface area contributed by atoms with Gasteiger partial charge in [0.2, 0.25) is 12.2 Å². The maximum Gasteiger partial charge on any atom is 0.366 e. The van der Waals surface area contributed by atoms with E-state index in [9.17, 15) is 38.4 Å². The van der Waals surface area contributed by atoms with E-state index in [0.717, 1.165) is 47.3 Å². The van der Waals surface area contributed by atoms with Crippen molar-refractivity contribution in [2.24, 2.45) is 0 Å². The molecule has 2 aliphatic heterocycles. The van der Waals surface area contributed by atoms with Gasteiger partial charge in [-0.1, -0.05) is 67.6 Å². The average molecular weight is 1040 g/mol. The van der Waals surface area contributed by atoms with Gasteiger partial charge in [-0.15, -0.1) is 0 Å². The Hall–Kier alpha value is -6.98. The van der Waals surface area contributed by atoms with E-state index in [4.69, 9.17) is 61.6 Å². The molecular weight excluding hydrogens is 975 g/mol. The molecule has 22 heteroatoms. The highest BCUT2D eigenvalue weighted by Gasteiger charge is 2.63. The van der Waals surface area contributed by atoms with Crippen LogP contribution in [0.2, 0.25) is 0 Å². The number of hydrogen-bond acceptors (Lipinski definition) is 21. The molecule has 1 N–H and O–H groups in total. The van der Waals surface area contributed by atoms with Gasteiger partial charge >= 0.3 is 35.8 Å². The van der Waals surface area contributed by atoms with Crippen LogP contribution in [-0.2, 0) is 104 Å². The van der Waals surface area contributed by atoms with Crippen molar-refractivity contribution in [1.29, 1.82) is 0 Å². The molecule has 0 unspecified atom stereocenters. The van der Waals surface area contributed by atoms with Gasteiger partial charge in [0, 0.05) is 41.0 Å². The number of methoxy groups -OCH3 is 2. The molecule has 3 aromatic carbocycles. The molecule has 0 aliphatic carbocycles. The molecule has 402 valence electrons. The van der Waals surface area contributed by atoms with Crippen molar-refractivity contribution in [2.75, 3.05) is 27.4 Å². The number of esters is 6. The van der Waals surface area contributed by atoms with Gasteiger partial charge in [0.15, 0.2) is 24.4 Å². The number of carbonyl (C=O) groups excluding carboxylic acids is 8. The molecule has 0 aromatic heterocycles. The predicted molar refractivity (Wildman–Crippen MR) is 253 cm³/mol. The summed E-state index contributed by atoms with van der Waals surface area (Å²) in [5.41, 5.74) is 1.43. The zero-order valence-corrected chi connectivity index (χ0v) is 42.4. The van der Waals surface area contributed by atoms with E-state index in [1.165, 1.54) is 14.0 Å². The quantitative estimate of drug-likeness (QED) is 0.0718. The Morgan fingerprint density at radius 1 is 0.716 bits per heavy atom. The van der Waals surface area contributed by atoms with Gasteiger partial charge in [0.1, 0.15) is 54.7 Å². The minimum absolute atomic E-state index is 0.0565. The Kier molecular flexibility index (Phi) is 21.8. The van der Waals surface area contributed by atoms with Gasteiger partial charge in [0.25, 0.3) is 5.79 Å². The lowest BCUT2D eigenvalue weighted by atomic mass is 9.87. The van der Waals surface area contributed by atoms with Crippen molar-refractivity contribution < 1.29 is 99.9 Å². The molecule has 5 rings (SSSR count). The first-order chi connectivity index (χ1) is 35.3. The summed E-state index contributed by atoms with van der Waals surface area (Å²) in [6, 6.07) is 22.9. The van der Waals surface area contributed by atoms with Crippen LogP contribution in [0.3, 0.4) is 0 Å². The number of nitrogens with one attached hydrogen (secondary N) is 1. The second-order valence-corrected chi connectivity index (χ2v) is 17.1. The molecule has 2 fully saturated rings. The lowest BCUT2D eigenvalue weighted by Gasteiger charge is -2.52. The number of ketones is 1. The highest BCUT2D eigenvalue weighted by molar-refractivity contribution is 5.95. The minimum atomic E-state index is -2.87. The maximum absolute atomic E-state index is 14.8. The number of amides is 1. The summed E-state index contributed by atoms with van der Waals surface area (Å²) in [5.74, 6) is -9.58. The van der Waals surface area contributed by atoms with Crippen LogP contribution in [0.4, 0.5) is 0 Å². The molecule has 3 aromatic rings. The van der Waals surface area contributed by atoms with Crippen molar-refractivity contribution in [3.05, 3.63) is 96.1 Å². The molecule has 22 nitrogen and oxygen atoms in total. The van der Waals surface area contributed by atoms with Gasteiger partial charge in [-0.3, -0.25) is 33.6 Å². The zero-order valence-electron chi connectivity index (χ0n) is 42.4. The van der Waals surface area contributed by atoms with Crippen LogP contribution in [0, 0.1) is 0 Å². The topological polar surface area (TPSA) is 269 Å². The first kappa shape index (κ1) is 57.9. The Labute approximate surface area is 427 Å². The Morgan fingerprint density at radius 3 is 1.89 bits per heavy atom.